The Bertz CT molecular complexity index is 436. The highest BCUT2D eigenvalue weighted by Crippen LogP contribution is 2.31. The number of nitrogens with zero attached hydrogens (tertiary/aromatic N) is 1. The van der Waals surface area contributed by atoms with Crippen LogP contribution in [0.1, 0.15) is 27.2 Å². The molecule has 0 saturated carbocycles. The molecule has 19 heavy (non-hydrogen) atoms. The smallest absolute Gasteiger partial charge is 0.124 e. The van der Waals surface area contributed by atoms with Gasteiger partial charge in [0.05, 0.1) is 5.69 Å². The second-order valence-corrected chi connectivity index (χ2v) is 6.43. The third-order valence-electron chi connectivity index (χ3n) is 3.91. The van der Waals surface area contributed by atoms with E-state index in [9.17, 15) is 4.39 Å². The van der Waals surface area contributed by atoms with Crippen LogP contribution in [-0.4, -0.2) is 25.2 Å². The molecule has 2 nitrogen and oxygen atoms in total. The number of anilines is 1. The second-order valence-electron chi connectivity index (χ2n) is 5.57. The highest BCUT2D eigenvalue weighted by atomic mass is 79.9. The van der Waals surface area contributed by atoms with E-state index in [1.165, 1.54) is 0 Å². The largest absolute Gasteiger partial charge is 0.365 e. The number of halogens is 2. The van der Waals surface area contributed by atoms with Crippen molar-refractivity contribution >= 4 is 21.6 Å². The lowest BCUT2D eigenvalue weighted by Gasteiger charge is -2.44. The average Bonchev–Trinajstić information content (AvgIpc) is 2.38. The first-order valence-electron chi connectivity index (χ1n) is 6.98. The molecule has 4 heteroatoms. The summed E-state index contributed by atoms with van der Waals surface area (Å²) in [5, 5.41) is 3.60. The van der Waals surface area contributed by atoms with Crippen LogP contribution in [0.25, 0.3) is 0 Å². The first kappa shape index (κ1) is 14.8. The summed E-state index contributed by atoms with van der Waals surface area (Å²) in [5.74, 6) is 0.362. The van der Waals surface area contributed by atoms with Gasteiger partial charge in [-0.15, -0.1) is 0 Å². The minimum Gasteiger partial charge on any atom is -0.365 e. The van der Waals surface area contributed by atoms with E-state index in [4.69, 9.17) is 0 Å². The number of benzene rings is 1. The summed E-state index contributed by atoms with van der Waals surface area (Å²) in [7, 11) is 0. The van der Waals surface area contributed by atoms with Gasteiger partial charge in [-0.25, -0.2) is 4.39 Å². The Morgan fingerprint density at radius 1 is 1.47 bits per heavy atom. The zero-order chi connectivity index (χ0) is 14.0. The maximum absolute atomic E-state index is 13.3. The number of rotatable bonds is 3. The first-order chi connectivity index (χ1) is 9.02. The predicted octanol–water partition coefficient (Wildman–Crippen LogP) is 3.80. The van der Waals surface area contributed by atoms with Crippen molar-refractivity contribution < 1.29 is 4.39 Å². The summed E-state index contributed by atoms with van der Waals surface area (Å²) in [6.07, 6.45) is 1.11. The Kier molecular flexibility index (Phi) is 4.85. The molecule has 0 bridgehead atoms. The molecular formula is C15H22BrFN2. The van der Waals surface area contributed by atoms with Crippen molar-refractivity contribution in [1.29, 1.82) is 0 Å². The Hall–Kier alpha value is -0.610. The molecule has 0 aromatic heterocycles. The molecule has 106 valence electrons. The first-order valence-corrected chi connectivity index (χ1v) is 7.77. The Labute approximate surface area is 123 Å². The van der Waals surface area contributed by atoms with Gasteiger partial charge in [-0.1, -0.05) is 20.8 Å². The monoisotopic (exact) mass is 328 g/mol. The van der Waals surface area contributed by atoms with E-state index in [-0.39, 0.29) is 5.82 Å². The third kappa shape index (κ3) is 3.29. The lowest BCUT2D eigenvalue weighted by Crippen LogP contribution is -2.58. The van der Waals surface area contributed by atoms with Crippen molar-refractivity contribution in [3.05, 3.63) is 28.5 Å². The predicted molar refractivity (Wildman–Crippen MR) is 82.2 cm³/mol. The van der Waals surface area contributed by atoms with E-state index in [0.717, 1.165) is 29.7 Å². The Morgan fingerprint density at radius 3 is 2.79 bits per heavy atom. The molecule has 0 amide bonds. The van der Waals surface area contributed by atoms with Gasteiger partial charge in [-0.2, -0.15) is 0 Å². The second kappa shape index (κ2) is 6.23. The highest BCUT2D eigenvalue weighted by molar-refractivity contribution is 9.10. The van der Waals surface area contributed by atoms with Crippen LogP contribution in [0.4, 0.5) is 10.1 Å². The summed E-state index contributed by atoms with van der Waals surface area (Å²) in [4.78, 5) is 2.42. The summed E-state index contributed by atoms with van der Waals surface area (Å²) in [6.45, 7) is 8.64. The van der Waals surface area contributed by atoms with Crippen LogP contribution in [0.5, 0.6) is 0 Å². The van der Waals surface area contributed by atoms with E-state index in [0.29, 0.717) is 18.0 Å². The molecule has 2 unspecified atom stereocenters. The van der Waals surface area contributed by atoms with E-state index in [2.05, 4.69) is 46.9 Å². The van der Waals surface area contributed by atoms with Crippen molar-refractivity contribution in [1.82, 2.24) is 5.32 Å². The van der Waals surface area contributed by atoms with Gasteiger partial charge in [-0.3, -0.25) is 0 Å². The van der Waals surface area contributed by atoms with E-state index in [1.807, 2.05) is 6.07 Å². The van der Waals surface area contributed by atoms with Crippen LogP contribution >= 0.6 is 15.9 Å². The van der Waals surface area contributed by atoms with Crippen molar-refractivity contribution in [2.24, 2.45) is 5.92 Å². The molecule has 1 aromatic carbocycles. The van der Waals surface area contributed by atoms with Crippen LogP contribution in [0.2, 0.25) is 0 Å². The molecule has 1 N–H and O–H groups in total. The molecule has 2 rings (SSSR count). The lowest BCUT2D eigenvalue weighted by molar-refractivity contribution is 0.333. The van der Waals surface area contributed by atoms with Gasteiger partial charge in [0.2, 0.25) is 0 Å². The molecule has 0 radical (unpaired) electrons. The summed E-state index contributed by atoms with van der Waals surface area (Å²) < 4.78 is 14.1. The van der Waals surface area contributed by atoms with Gasteiger partial charge in [0.25, 0.3) is 0 Å². The standard InChI is InChI=1S/C15H22BrFN2/c1-4-12-9-19(15(8-18-12)10(2)3)14-6-5-11(17)7-13(14)16/h5-7,10,12,15,18H,4,8-9H2,1-3H3. The molecule has 1 saturated heterocycles. The average molecular weight is 329 g/mol. The highest BCUT2D eigenvalue weighted by Gasteiger charge is 2.30. The fourth-order valence-corrected chi connectivity index (χ4v) is 3.27. The minimum atomic E-state index is -0.195. The van der Waals surface area contributed by atoms with Gasteiger partial charge in [0, 0.05) is 29.6 Å². The topological polar surface area (TPSA) is 15.3 Å². The van der Waals surface area contributed by atoms with Crippen LogP contribution in [0, 0.1) is 11.7 Å². The normalized spacial score (nSPS) is 24.0. The lowest BCUT2D eigenvalue weighted by atomic mass is 9.97. The molecular weight excluding hydrogens is 307 g/mol. The summed E-state index contributed by atoms with van der Waals surface area (Å²) >= 11 is 3.50. The van der Waals surface area contributed by atoms with Crippen molar-refractivity contribution in [2.45, 2.75) is 39.3 Å². The van der Waals surface area contributed by atoms with Crippen molar-refractivity contribution in [3.63, 3.8) is 0 Å². The molecule has 2 atom stereocenters. The molecule has 1 fully saturated rings. The van der Waals surface area contributed by atoms with Gasteiger partial charge in [0.1, 0.15) is 5.82 Å². The molecule has 1 aliphatic heterocycles. The Balaban J connectivity index is 2.30. The fraction of sp³-hybridized carbons (Fsp3) is 0.600. The van der Waals surface area contributed by atoms with Gasteiger partial charge >= 0.3 is 0 Å². The van der Waals surface area contributed by atoms with Crippen LogP contribution in [0.15, 0.2) is 22.7 Å². The van der Waals surface area contributed by atoms with E-state index in [1.54, 1.807) is 12.1 Å². The number of hydrogen-bond acceptors (Lipinski definition) is 2. The van der Waals surface area contributed by atoms with Crippen molar-refractivity contribution in [2.75, 3.05) is 18.0 Å². The zero-order valence-electron chi connectivity index (χ0n) is 11.8. The third-order valence-corrected chi connectivity index (χ3v) is 4.55. The van der Waals surface area contributed by atoms with Crippen LogP contribution in [-0.2, 0) is 0 Å². The maximum Gasteiger partial charge on any atom is 0.124 e. The SMILES string of the molecule is CCC1CN(c2ccc(F)cc2Br)C(C(C)C)CN1. The maximum atomic E-state index is 13.3. The summed E-state index contributed by atoms with van der Waals surface area (Å²) in [5.41, 5.74) is 1.10. The summed E-state index contributed by atoms with van der Waals surface area (Å²) in [6, 6.07) is 5.93. The zero-order valence-corrected chi connectivity index (χ0v) is 13.4. The molecule has 0 aliphatic carbocycles. The van der Waals surface area contributed by atoms with Crippen LogP contribution in [0.3, 0.4) is 0 Å². The molecule has 1 aliphatic rings. The molecule has 1 heterocycles. The Morgan fingerprint density at radius 2 is 2.21 bits per heavy atom. The van der Waals surface area contributed by atoms with Crippen molar-refractivity contribution in [3.8, 4) is 0 Å². The van der Waals surface area contributed by atoms with Gasteiger partial charge in [-0.05, 0) is 46.5 Å². The van der Waals surface area contributed by atoms with Crippen LogP contribution < -0.4 is 10.2 Å². The van der Waals surface area contributed by atoms with Gasteiger partial charge < -0.3 is 10.2 Å². The number of hydrogen-bond donors (Lipinski definition) is 1. The van der Waals surface area contributed by atoms with E-state index < -0.39 is 0 Å². The number of nitrogens with one attached hydrogen (secondary N) is 1. The fourth-order valence-electron chi connectivity index (χ4n) is 2.70. The molecule has 0 spiro atoms. The quantitative estimate of drug-likeness (QED) is 0.907. The number of piperazine rings is 1. The van der Waals surface area contributed by atoms with Gasteiger partial charge in [0.15, 0.2) is 0 Å². The van der Waals surface area contributed by atoms with E-state index >= 15 is 0 Å². The minimum absolute atomic E-state index is 0.195. The molecule has 1 aromatic rings.